The number of carbonyl (C=O) groups excluding carboxylic acids is 1. The number of hydrogen-bond donors (Lipinski definition) is 2. The van der Waals surface area contributed by atoms with E-state index < -0.39 is 22.0 Å². The van der Waals surface area contributed by atoms with Gasteiger partial charge >= 0.3 is 0 Å². The molecule has 1 amide bonds. The molecule has 0 saturated carbocycles. The lowest BCUT2D eigenvalue weighted by molar-refractivity contribution is -0.893. The van der Waals surface area contributed by atoms with Crippen LogP contribution in [0.15, 0.2) is 0 Å². The minimum Gasteiger partial charge on any atom is -0.748 e. The monoisotopic (exact) mass is 324 g/mol. The molecule has 126 valence electrons. The molecule has 0 aromatic carbocycles. The number of hydrogen-bond acceptors (Lipinski definition) is 5. The van der Waals surface area contributed by atoms with Gasteiger partial charge in [-0.1, -0.05) is 13.3 Å². The van der Waals surface area contributed by atoms with Crippen LogP contribution in [0.1, 0.15) is 32.6 Å². The topological polar surface area (TPSA) is 107 Å². The zero-order valence-corrected chi connectivity index (χ0v) is 14.0. The highest BCUT2D eigenvalue weighted by atomic mass is 32.2. The van der Waals surface area contributed by atoms with Crippen LogP contribution in [0.4, 0.5) is 0 Å². The van der Waals surface area contributed by atoms with Crippen molar-refractivity contribution in [1.82, 2.24) is 5.32 Å². The van der Waals surface area contributed by atoms with Gasteiger partial charge in [-0.15, -0.1) is 0 Å². The number of likely N-dealkylation sites (N-methyl/N-ethyl adjacent to an activating group) is 1. The van der Waals surface area contributed by atoms with Crippen molar-refractivity contribution in [3.05, 3.63) is 0 Å². The van der Waals surface area contributed by atoms with E-state index in [1.54, 1.807) is 0 Å². The van der Waals surface area contributed by atoms with Crippen LogP contribution < -0.4 is 5.32 Å². The number of amides is 1. The van der Waals surface area contributed by atoms with Gasteiger partial charge in [0.05, 0.1) is 36.5 Å². The Morgan fingerprint density at radius 1 is 1.33 bits per heavy atom. The van der Waals surface area contributed by atoms with Crippen LogP contribution in [0.25, 0.3) is 0 Å². The average molecular weight is 324 g/mol. The van der Waals surface area contributed by atoms with Crippen LogP contribution in [-0.4, -0.2) is 74.1 Å². The molecule has 0 bridgehead atoms. The lowest BCUT2D eigenvalue weighted by Crippen LogP contribution is -2.48. The van der Waals surface area contributed by atoms with Crippen LogP contribution in [0.2, 0.25) is 0 Å². The lowest BCUT2D eigenvalue weighted by Gasteiger charge is -2.32. The van der Waals surface area contributed by atoms with Crippen molar-refractivity contribution in [3.63, 3.8) is 0 Å². The number of nitrogens with zero attached hydrogens (tertiary/aromatic N) is 1. The highest BCUT2D eigenvalue weighted by Gasteiger charge is 2.21. The van der Waals surface area contributed by atoms with Gasteiger partial charge in [0, 0.05) is 19.4 Å². The van der Waals surface area contributed by atoms with Crippen LogP contribution in [0.3, 0.4) is 0 Å². The van der Waals surface area contributed by atoms with Crippen LogP contribution in [0.5, 0.6) is 0 Å². The maximum Gasteiger partial charge on any atom is 0.219 e. The molecule has 0 rings (SSSR count). The molecule has 1 unspecified atom stereocenters. The summed E-state index contributed by atoms with van der Waals surface area (Å²) in [6.45, 7) is 3.44. The van der Waals surface area contributed by atoms with Crippen molar-refractivity contribution in [2.75, 3.05) is 39.5 Å². The molecule has 0 aliphatic carbocycles. The first kappa shape index (κ1) is 20.3. The number of rotatable bonds is 11. The fourth-order valence-electron chi connectivity index (χ4n) is 2.11. The smallest absolute Gasteiger partial charge is 0.219 e. The first-order valence-corrected chi connectivity index (χ1v) is 8.84. The van der Waals surface area contributed by atoms with Crippen LogP contribution in [-0.2, 0) is 14.9 Å². The van der Waals surface area contributed by atoms with Gasteiger partial charge in [-0.3, -0.25) is 4.79 Å². The Labute approximate surface area is 127 Å². The van der Waals surface area contributed by atoms with Crippen molar-refractivity contribution in [2.24, 2.45) is 0 Å². The van der Waals surface area contributed by atoms with E-state index in [2.05, 4.69) is 5.32 Å². The largest absolute Gasteiger partial charge is 0.748 e. The number of nitrogens with one attached hydrogen (secondary N) is 1. The molecule has 7 nitrogen and oxygen atoms in total. The van der Waals surface area contributed by atoms with Crippen LogP contribution in [0, 0.1) is 0 Å². The van der Waals surface area contributed by atoms with Gasteiger partial charge in [-0.2, -0.15) is 0 Å². The first-order valence-electron chi connectivity index (χ1n) is 7.26. The summed E-state index contributed by atoms with van der Waals surface area (Å²) < 4.78 is 32.1. The third-order valence-electron chi connectivity index (χ3n) is 3.12. The van der Waals surface area contributed by atoms with Gasteiger partial charge in [-0.05, 0) is 6.42 Å². The summed E-state index contributed by atoms with van der Waals surface area (Å²) in [5.41, 5.74) is 0. The second-order valence-corrected chi connectivity index (χ2v) is 7.48. The van der Waals surface area contributed by atoms with E-state index in [4.69, 9.17) is 0 Å². The molecule has 0 aliphatic heterocycles. The number of aliphatic hydroxyl groups excluding tert-OH is 1. The summed E-state index contributed by atoms with van der Waals surface area (Å²) in [5, 5.41) is 12.4. The van der Waals surface area contributed by atoms with Gasteiger partial charge in [0.2, 0.25) is 5.91 Å². The second kappa shape index (κ2) is 9.34. The number of aliphatic hydroxyl groups is 1. The molecule has 21 heavy (non-hydrogen) atoms. The minimum atomic E-state index is -4.41. The van der Waals surface area contributed by atoms with E-state index in [9.17, 15) is 22.9 Å². The molecule has 0 spiro atoms. The summed E-state index contributed by atoms with van der Waals surface area (Å²) in [4.78, 5) is 11.4. The van der Waals surface area contributed by atoms with Gasteiger partial charge < -0.3 is 19.5 Å². The molecule has 0 heterocycles. The van der Waals surface area contributed by atoms with Crippen molar-refractivity contribution in [1.29, 1.82) is 0 Å². The van der Waals surface area contributed by atoms with E-state index in [0.717, 1.165) is 19.3 Å². The van der Waals surface area contributed by atoms with Gasteiger partial charge in [0.1, 0.15) is 12.6 Å². The summed E-state index contributed by atoms with van der Waals surface area (Å²) in [5.74, 6) is -0.720. The lowest BCUT2D eigenvalue weighted by atomic mass is 10.2. The van der Waals surface area contributed by atoms with E-state index in [0.29, 0.717) is 24.0 Å². The molecular formula is C13H28N2O5S. The fourth-order valence-corrected chi connectivity index (χ4v) is 2.69. The van der Waals surface area contributed by atoms with Crippen molar-refractivity contribution in [2.45, 2.75) is 38.7 Å². The Hall–Kier alpha value is -0.700. The van der Waals surface area contributed by atoms with E-state index in [1.807, 2.05) is 21.0 Å². The van der Waals surface area contributed by atoms with Gasteiger partial charge in [-0.25, -0.2) is 8.42 Å². The van der Waals surface area contributed by atoms with E-state index in [1.165, 1.54) is 0 Å². The molecule has 0 aromatic rings. The maximum absolute atomic E-state index is 11.4. The zero-order valence-electron chi connectivity index (χ0n) is 13.2. The molecule has 0 saturated heterocycles. The number of carbonyl (C=O) groups is 1. The highest BCUT2D eigenvalue weighted by molar-refractivity contribution is 7.85. The third-order valence-corrected chi connectivity index (χ3v) is 3.91. The predicted octanol–water partition coefficient (Wildman–Crippen LogP) is -0.335. The Kier molecular flexibility index (Phi) is 9.03. The standard InChI is InChI=1S/C13H28N2O5S/c1-4-5-7-13(17)14-8-6-9-15(2,3)10-12(16)11-21(18,19)20/h12,16H,4-11H2,1-3H3,(H-,14,17,18,19,20). The SMILES string of the molecule is CCCCC(=O)NCCC[N+](C)(C)CC(O)CS(=O)(=O)[O-]. The first-order chi connectivity index (χ1) is 9.56. The molecule has 0 aromatic heterocycles. The Morgan fingerprint density at radius 3 is 2.48 bits per heavy atom. The quantitative estimate of drug-likeness (QED) is 0.307. The molecule has 8 heteroatoms. The van der Waals surface area contributed by atoms with Crippen LogP contribution >= 0.6 is 0 Å². The predicted molar refractivity (Wildman–Crippen MR) is 79.6 cm³/mol. The molecule has 2 N–H and O–H groups in total. The van der Waals surface area contributed by atoms with Gasteiger partial charge in [0.15, 0.2) is 0 Å². The van der Waals surface area contributed by atoms with Crippen molar-refractivity contribution < 1.29 is 27.4 Å². The summed E-state index contributed by atoms with van der Waals surface area (Å²) >= 11 is 0. The zero-order chi connectivity index (χ0) is 16.5. The van der Waals surface area contributed by atoms with Gasteiger partial charge in [0.25, 0.3) is 0 Å². The Bertz CT molecular complexity index is 409. The van der Waals surface area contributed by atoms with E-state index in [-0.39, 0.29) is 12.5 Å². The van der Waals surface area contributed by atoms with E-state index >= 15 is 0 Å². The summed E-state index contributed by atoms with van der Waals surface area (Å²) in [6, 6.07) is 0. The summed E-state index contributed by atoms with van der Waals surface area (Å²) in [7, 11) is -0.715. The average Bonchev–Trinajstić information content (AvgIpc) is 2.28. The minimum absolute atomic E-state index is 0.0413. The Balaban J connectivity index is 3.94. The molecule has 0 aliphatic rings. The fraction of sp³-hybridized carbons (Fsp3) is 0.923. The molecular weight excluding hydrogens is 296 g/mol. The number of unbranched alkanes of at least 4 members (excludes halogenated alkanes) is 1. The second-order valence-electron chi connectivity index (χ2n) is 6.03. The summed E-state index contributed by atoms with van der Waals surface area (Å²) in [6.07, 6.45) is 1.96. The van der Waals surface area contributed by atoms with Crippen molar-refractivity contribution in [3.8, 4) is 0 Å². The van der Waals surface area contributed by atoms with Crippen molar-refractivity contribution >= 4 is 16.0 Å². The number of quaternary nitrogens is 1. The third kappa shape index (κ3) is 12.7. The maximum atomic E-state index is 11.4. The molecule has 1 atom stereocenters. The molecule has 0 radical (unpaired) electrons. The molecule has 0 fully saturated rings. The Morgan fingerprint density at radius 2 is 1.95 bits per heavy atom. The normalized spacial score (nSPS) is 14.0. The highest BCUT2D eigenvalue weighted by Crippen LogP contribution is 2.03.